The van der Waals surface area contributed by atoms with Gasteiger partial charge in [-0.05, 0) is 18.6 Å². The minimum Gasteiger partial charge on any atom is -0.338 e. The summed E-state index contributed by atoms with van der Waals surface area (Å²) in [4.78, 5) is 24.4. The highest BCUT2D eigenvalue weighted by Gasteiger charge is 2.29. The molecule has 0 aromatic heterocycles. The third-order valence-electron chi connectivity index (χ3n) is 3.51. The van der Waals surface area contributed by atoms with Gasteiger partial charge in [0.15, 0.2) is 0 Å². The summed E-state index contributed by atoms with van der Waals surface area (Å²) >= 11 is 1.78. The van der Waals surface area contributed by atoms with Crippen LogP contribution in [0.25, 0.3) is 0 Å². The van der Waals surface area contributed by atoms with Crippen molar-refractivity contribution in [3.63, 3.8) is 0 Å². The quantitative estimate of drug-likeness (QED) is 0.622. The minimum atomic E-state index is -0.717. The molecule has 0 bridgehead atoms. The second-order valence-corrected chi connectivity index (χ2v) is 7.37. The van der Waals surface area contributed by atoms with Crippen molar-refractivity contribution in [1.82, 2.24) is 4.90 Å². The average molecular weight is 312 g/mol. The molecule has 1 aliphatic rings. The molecule has 0 unspecified atom stereocenters. The zero-order valence-electron chi connectivity index (χ0n) is 12.0. The van der Waals surface area contributed by atoms with Gasteiger partial charge in [0.25, 0.3) is 11.6 Å². The smallest absolute Gasteiger partial charge is 0.285 e. The molecule has 0 saturated carbocycles. The molecule has 5 nitrogen and oxygen atoms in total. The summed E-state index contributed by atoms with van der Waals surface area (Å²) in [6, 6.07) is 3.07. The molecule has 1 aromatic rings. The van der Waals surface area contributed by atoms with Crippen LogP contribution in [0.1, 0.15) is 30.6 Å². The Morgan fingerprint density at radius 2 is 2.14 bits per heavy atom. The van der Waals surface area contributed by atoms with Crippen LogP contribution in [0.3, 0.4) is 0 Å². The molecule has 0 radical (unpaired) electrons. The van der Waals surface area contributed by atoms with E-state index in [1.807, 2.05) is 0 Å². The maximum atomic E-state index is 13.1. The SMILES string of the molecule is CC1(C)CCN(C(=O)c2ccc(F)cc2[N+](=O)[O-])CCS1. The Kier molecular flexibility index (Phi) is 4.51. The van der Waals surface area contributed by atoms with Crippen LogP contribution in [0.2, 0.25) is 0 Å². The topological polar surface area (TPSA) is 63.5 Å². The molecule has 114 valence electrons. The van der Waals surface area contributed by atoms with Crippen LogP contribution in [0.15, 0.2) is 18.2 Å². The second-order valence-electron chi connectivity index (χ2n) is 5.57. The maximum Gasteiger partial charge on any atom is 0.285 e. The zero-order valence-corrected chi connectivity index (χ0v) is 12.8. The predicted molar refractivity (Wildman–Crippen MR) is 80.1 cm³/mol. The van der Waals surface area contributed by atoms with Crippen molar-refractivity contribution in [1.29, 1.82) is 0 Å². The predicted octanol–water partition coefficient (Wildman–Crippen LogP) is 3.09. The van der Waals surface area contributed by atoms with Gasteiger partial charge >= 0.3 is 0 Å². The summed E-state index contributed by atoms with van der Waals surface area (Å²) in [6.45, 7) is 5.33. The van der Waals surface area contributed by atoms with Crippen LogP contribution >= 0.6 is 11.8 Å². The second kappa shape index (κ2) is 6.01. The number of carbonyl (C=O) groups excluding carboxylic acids is 1. The van der Waals surface area contributed by atoms with Crippen molar-refractivity contribution in [2.45, 2.75) is 25.0 Å². The van der Waals surface area contributed by atoms with Crippen molar-refractivity contribution in [3.05, 3.63) is 39.7 Å². The molecule has 1 aromatic carbocycles. The summed E-state index contributed by atoms with van der Waals surface area (Å²) in [5.41, 5.74) is -0.526. The lowest BCUT2D eigenvalue weighted by molar-refractivity contribution is -0.385. The van der Waals surface area contributed by atoms with Crippen molar-refractivity contribution < 1.29 is 14.1 Å². The van der Waals surface area contributed by atoms with Crippen LogP contribution in [-0.4, -0.2) is 39.3 Å². The normalized spacial score (nSPS) is 18.1. The first kappa shape index (κ1) is 15.8. The van der Waals surface area contributed by atoms with E-state index >= 15 is 0 Å². The standard InChI is InChI=1S/C14H17FN2O3S/c1-14(2)5-6-16(7-8-21-14)13(18)11-4-3-10(15)9-12(11)17(19)20/h3-4,9H,5-8H2,1-2H3. The zero-order chi connectivity index (χ0) is 15.6. The molecule has 1 heterocycles. The number of nitro benzene ring substituents is 1. The number of amides is 1. The third kappa shape index (κ3) is 3.72. The number of thioether (sulfide) groups is 1. The third-order valence-corrected chi connectivity index (χ3v) is 4.88. The summed E-state index contributed by atoms with van der Waals surface area (Å²) in [5.74, 6) is -0.334. The number of rotatable bonds is 2. The molecule has 21 heavy (non-hydrogen) atoms. The van der Waals surface area contributed by atoms with Crippen LogP contribution in [0.5, 0.6) is 0 Å². The number of halogens is 1. The lowest BCUT2D eigenvalue weighted by Crippen LogP contribution is -2.34. The average Bonchev–Trinajstić information content (AvgIpc) is 2.59. The molecule has 1 aliphatic heterocycles. The van der Waals surface area contributed by atoms with E-state index in [2.05, 4.69) is 13.8 Å². The molecular formula is C14H17FN2O3S. The summed E-state index contributed by atoms with van der Waals surface area (Å²) in [7, 11) is 0. The maximum absolute atomic E-state index is 13.1. The van der Waals surface area contributed by atoms with E-state index < -0.39 is 22.3 Å². The van der Waals surface area contributed by atoms with Crippen LogP contribution in [0, 0.1) is 15.9 Å². The number of hydrogen-bond acceptors (Lipinski definition) is 4. The molecule has 1 amide bonds. The van der Waals surface area contributed by atoms with Crippen LogP contribution in [-0.2, 0) is 0 Å². The molecule has 0 atom stereocenters. The fourth-order valence-electron chi connectivity index (χ4n) is 2.23. The van der Waals surface area contributed by atoms with Gasteiger partial charge in [-0.25, -0.2) is 4.39 Å². The van der Waals surface area contributed by atoms with Gasteiger partial charge in [0.2, 0.25) is 0 Å². The highest BCUT2D eigenvalue weighted by atomic mass is 32.2. The van der Waals surface area contributed by atoms with E-state index in [9.17, 15) is 19.3 Å². The molecule has 0 spiro atoms. The van der Waals surface area contributed by atoms with Crippen LogP contribution in [0.4, 0.5) is 10.1 Å². The summed E-state index contributed by atoms with van der Waals surface area (Å²) in [5, 5.41) is 11.0. The Hall–Kier alpha value is -1.63. The van der Waals surface area contributed by atoms with Crippen molar-refractivity contribution in [2.75, 3.05) is 18.8 Å². The Morgan fingerprint density at radius 1 is 1.43 bits per heavy atom. The van der Waals surface area contributed by atoms with E-state index in [1.54, 1.807) is 16.7 Å². The minimum absolute atomic E-state index is 0.0499. The van der Waals surface area contributed by atoms with E-state index in [0.717, 1.165) is 24.3 Å². The molecule has 0 aliphatic carbocycles. The largest absolute Gasteiger partial charge is 0.338 e. The van der Waals surface area contributed by atoms with Gasteiger partial charge in [0.05, 0.1) is 11.0 Å². The van der Waals surface area contributed by atoms with Gasteiger partial charge in [-0.15, -0.1) is 0 Å². The lowest BCUT2D eigenvalue weighted by atomic mass is 10.1. The highest BCUT2D eigenvalue weighted by Crippen LogP contribution is 2.31. The van der Waals surface area contributed by atoms with E-state index in [-0.39, 0.29) is 10.3 Å². The molecule has 1 saturated heterocycles. The summed E-state index contributed by atoms with van der Waals surface area (Å²) in [6.07, 6.45) is 0.818. The number of carbonyl (C=O) groups is 1. The molecule has 7 heteroatoms. The first-order valence-electron chi connectivity index (χ1n) is 6.67. The van der Waals surface area contributed by atoms with Crippen molar-refractivity contribution in [3.8, 4) is 0 Å². The van der Waals surface area contributed by atoms with Crippen molar-refractivity contribution in [2.24, 2.45) is 0 Å². The van der Waals surface area contributed by atoms with Gasteiger partial charge in [-0.3, -0.25) is 14.9 Å². The van der Waals surface area contributed by atoms with Gasteiger partial charge < -0.3 is 4.90 Å². The fraction of sp³-hybridized carbons (Fsp3) is 0.500. The fourth-order valence-corrected chi connectivity index (χ4v) is 3.33. The highest BCUT2D eigenvalue weighted by molar-refractivity contribution is 8.00. The summed E-state index contributed by atoms with van der Waals surface area (Å²) < 4.78 is 13.2. The van der Waals surface area contributed by atoms with Crippen LogP contribution < -0.4 is 0 Å². The lowest BCUT2D eigenvalue weighted by Gasteiger charge is -2.22. The van der Waals surface area contributed by atoms with E-state index in [4.69, 9.17) is 0 Å². The monoisotopic (exact) mass is 312 g/mol. The van der Waals surface area contributed by atoms with Gasteiger partial charge in [0.1, 0.15) is 11.4 Å². The number of hydrogen-bond donors (Lipinski definition) is 0. The first-order valence-corrected chi connectivity index (χ1v) is 7.66. The van der Waals surface area contributed by atoms with Gasteiger partial charge in [-0.2, -0.15) is 11.8 Å². The Morgan fingerprint density at radius 3 is 2.81 bits per heavy atom. The number of nitro groups is 1. The van der Waals surface area contributed by atoms with Gasteiger partial charge in [0, 0.05) is 23.6 Å². The van der Waals surface area contributed by atoms with E-state index in [0.29, 0.717) is 13.1 Å². The van der Waals surface area contributed by atoms with Crippen molar-refractivity contribution >= 4 is 23.4 Å². The molecule has 2 rings (SSSR count). The molecule has 0 N–H and O–H groups in total. The first-order chi connectivity index (χ1) is 9.80. The van der Waals surface area contributed by atoms with Gasteiger partial charge in [-0.1, -0.05) is 13.8 Å². The Balaban J connectivity index is 2.26. The Labute approximate surface area is 126 Å². The molecule has 1 fully saturated rings. The Bertz CT molecular complexity index is 577. The molecular weight excluding hydrogens is 295 g/mol. The van der Waals surface area contributed by atoms with E-state index in [1.165, 1.54) is 6.07 Å². The number of benzene rings is 1. The number of nitrogens with zero attached hydrogens (tertiary/aromatic N) is 2.